The maximum Gasteiger partial charge on any atom is 0.0235 e. The smallest absolute Gasteiger partial charge is 0.0235 e. The van der Waals surface area contributed by atoms with Crippen LogP contribution in [0.15, 0.2) is 24.3 Å². The SMILES string of the molecule is CC1=c2c(C)cccc2=C=CCC1. The van der Waals surface area contributed by atoms with Crippen molar-refractivity contribution in [3.05, 3.63) is 40.3 Å². The van der Waals surface area contributed by atoms with E-state index in [1.165, 1.54) is 28.0 Å². The maximum atomic E-state index is 3.35. The summed E-state index contributed by atoms with van der Waals surface area (Å²) < 4.78 is 0. The molecule has 0 N–H and O–H groups in total. The topological polar surface area (TPSA) is 0 Å². The predicted molar refractivity (Wildman–Crippen MR) is 56.7 cm³/mol. The lowest BCUT2D eigenvalue weighted by molar-refractivity contribution is 1.06. The first kappa shape index (κ1) is 8.34. The molecule has 0 radical (unpaired) electrons. The van der Waals surface area contributed by atoms with Gasteiger partial charge in [0.1, 0.15) is 0 Å². The first-order chi connectivity index (χ1) is 6.29. The van der Waals surface area contributed by atoms with Gasteiger partial charge >= 0.3 is 0 Å². The van der Waals surface area contributed by atoms with Gasteiger partial charge in [0, 0.05) is 5.22 Å². The minimum absolute atomic E-state index is 1.12. The van der Waals surface area contributed by atoms with Crippen LogP contribution >= 0.6 is 0 Å². The van der Waals surface area contributed by atoms with Crippen LogP contribution in [0, 0.1) is 6.92 Å². The van der Waals surface area contributed by atoms with Gasteiger partial charge in [0.2, 0.25) is 0 Å². The molecule has 0 unspecified atom stereocenters. The van der Waals surface area contributed by atoms with Crippen molar-refractivity contribution >= 4 is 11.3 Å². The highest BCUT2D eigenvalue weighted by Crippen LogP contribution is 2.05. The van der Waals surface area contributed by atoms with E-state index in [4.69, 9.17) is 0 Å². The molecule has 0 heteroatoms. The Kier molecular flexibility index (Phi) is 2.08. The molecule has 0 bridgehead atoms. The second-order valence-electron chi connectivity index (χ2n) is 3.66. The van der Waals surface area contributed by atoms with Crippen molar-refractivity contribution in [3.8, 4) is 0 Å². The van der Waals surface area contributed by atoms with E-state index in [9.17, 15) is 0 Å². The van der Waals surface area contributed by atoms with Gasteiger partial charge in [0.25, 0.3) is 0 Å². The standard InChI is InChI=1S/C13H14/c1-10-6-3-4-8-12-9-5-7-11(2)13(10)12/h4-5,7,9H,3,6H2,1-2H3. The van der Waals surface area contributed by atoms with E-state index >= 15 is 0 Å². The van der Waals surface area contributed by atoms with Gasteiger partial charge in [0.15, 0.2) is 0 Å². The van der Waals surface area contributed by atoms with E-state index in [0.717, 1.165) is 6.42 Å². The van der Waals surface area contributed by atoms with Gasteiger partial charge in [-0.05, 0) is 49.6 Å². The molecule has 1 aliphatic carbocycles. The van der Waals surface area contributed by atoms with Gasteiger partial charge in [-0.1, -0.05) is 17.7 Å². The first-order valence-electron chi connectivity index (χ1n) is 4.79. The number of rotatable bonds is 0. The lowest BCUT2D eigenvalue weighted by Gasteiger charge is -1.99. The van der Waals surface area contributed by atoms with Crippen molar-refractivity contribution in [1.29, 1.82) is 0 Å². The van der Waals surface area contributed by atoms with Crippen LogP contribution in [0.3, 0.4) is 0 Å². The third kappa shape index (κ3) is 1.46. The Morgan fingerprint density at radius 2 is 2.08 bits per heavy atom. The molecule has 66 valence electrons. The molecule has 0 nitrogen and oxygen atoms in total. The summed E-state index contributed by atoms with van der Waals surface area (Å²) in [5, 5.41) is 2.67. The molecule has 0 atom stereocenters. The number of hydrogen-bond donors (Lipinski definition) is 0. The second-order valence-corrected chi connectivity index (χ2v) is 3.66. The van der Waals surface area contributed by atoms with Crippen LogP contribution < -0.4 is 10.4 Å². The summed E-state index contributed by atoms with van der Waals surface area (Å²) in [5.41, 5.74) is 6.22. The van der Waals surface area contributed by atoms with Gasteiger partial charge in [-0.2, -0.15) is 0 Å². The third-order valence-electron chi connectivity index (χ3n) is 2.62. The molecule has 1 aromatic rings. The zero-order valence-corrected chi connectivity index (χ0v) is 8.22. The number of aryl methyl sites for hydroxylation is 1. The highest BCUT2D eigenvalue weighted by Gasteiger charge is 1.98. The molecule has 0 aliphatic heterocycles. The van der Waals surface area contributed by atoms with Crippen LogP contribution in [0.5, 0.6) is 0 Å². The Morgan fingerprint density at radius 3 is 2.92 bits per heavy atom. The molecule has 13 heavy (non-hydrogen) atoms. The molecule has 0 fully saturated rings. The van der Waals surface area contributed by atoms with Gasteiger partial charge in [-0.15, -0.1) is 5.73 Å². The van der Waals surface area contributed by atoms with Gasteiger partial charge in [-0.3, -0.25) is 0 Å². The molecule has 0 spiro atoms. The molecular formula is C13H14. The van der Waals surface area contributed by atoms with E-state index in [1.807, 2.05) is 0 Å². The second kappa shape index (κ2) is 3.24. The highest BCUT2D eigenvalue weighted by atomic mass is 14.0. The Balaban J connectivity index is 3.02. The molecular weight excluding hydrogens is 156 g/mol. The minimum Gasteiger partial charge on any atom is -0.117 e. The van der Waals surface area contributed by atoms with Crippen LogP contribution in [-0.2, 0) is 0 Å². The third-order valence-corrected chi connectivity index (χ3v) is 2.62. The molecule has 0 aromatic heterocycles. The zero-order valence-electron chi connectivity index (χ0n) is 8.22. The Hall–Kier alpha value is -1.26. The maximum absolute atomic E-state index is 3.35. The zero-order chi connectivity index (χ0) is 9.26. The molecule has 0 saturated heterocycles. The largest absolute Gasteiger partial charge is 0.117 e. The van der Waals surface area contributed by atoms with Crippen LogP contribution in [0.25, 0.3) is 11.3 Å². The summed E-state index contributed by atoms with van der Waals surface area (Å²) in [6.45, 7) is 4.40. The summed E-state index contributed by atoms with van der Waals surface area (Å²) >= 11 is 0. The molecule has 1 aromatic carbocycles. The normalized spacial score (nSPS) is 14.8. The molecule has 1 aliphatic rings. The van der Waals surface area contributed by atoms with Crippen molar-refractivity contribution in [2.24, 2.45) is 0 Å². The van der Waals surface area contributed by atoms with Crippen molar-refractivity contribution in [3.63, 3.8) is 0 Å². The van der Waals surface area contributed by atoms with E-state index < -0.39 is 0 Å². The molecule has 0 saturated carbocycles. The molecule has 0 heterocycles. The highest BCUT2D eigenvalue weighted by molar-refractivity contribution is 5.48. The summed E-state index contributed by atoms with van der Waals surface area (Å²) in [5.74, 6) is 0. The quantitative estimate of drug-likeness (QED) is 0.558. The number of allylic oxidation sites excluding steroid dienone is 1. The lowest BCUT2D eigenvalue weighted by Crippen LogP contribution is -2.27. The Bertz CT molecular complexity index is 471. The van der Waals surface area contributed by atoms with Crippen LogP contribution in [0.1, 0.15) is 25.3 Å². The average molecular weight is 170 g/mol. The van der Waals surface area contributed by atoms with E-state index in [0.29, 0.717) is 0 Å². The average Bonchev–Trinajstić information content (AvgIpc) is 2.29. The summed E-state index contributed by atoms with van der Waals surface area (Å²) in [6, 6.07) is 6.43. The molecule has 0 amide bonds. The van der Waals surface area contributed by atoms with E-state index in [2.05, 4.69) is 43.9 Å². The van der Waals surface area contributed by atoms with Crippen molar-refractivity contribution in [2.75, 3.05) is 0 Å². The monoisotopic (exact) mass is 170 g/mol. The van der Waals surface area contributed by atoms with Gasteiger partial charge < -0.3 is 0 Å². The fraction of sp³-hybridized carbons (Fsp3) is 0.308. The minimum atomic E-state index is 1.12. The number of hydrogen-bond acceptors (Lipinski definition) is 0. The number of benzene rings is 1. The van der Waals surface area contributed by atoms with Crippen molar-refractivity contribution in [2.45, 2.75) is 26.7 Å². The van der Waals surface area contributed by atoms with Crippen LogP contribution in [0.2, 0.25) is 0 Å². The predicted octanol–water partition coefficient (Wildman–Crippen LogP) is 1.90. The van der Waals surface area contributed by atoms with Crippen molar-refractivity contribution in [1.82, 2.24) is 0 Å². The lowest BCUT2D eigenvalue weighted by atomic mass is 10.1. The van der Waals surface area contributed by atoms with E-state index in [1.54, 1.807) is 0 Å². The summed E-state index contributed by atoms with van der Waals surface area (Å²) in [4.78, 5) is 0. The van der Waals surface area contributed by atoms with Crippen LogP contribution in [0.4, 0.5) is 0 Å². The summed E-state index contributed by atoms with van der Waals surface area (Å²) in [7, 11) is 0. The fourth-order valence-corrected chi connectivity index (χ4v) is 1.95. The fourth-order valence-electron chi connectivity index (χ4n) is 1.95. The van der Waals surface area contributed by atoms with Gasteiger partial charge in [0.05, 0.1) is 0 Å². The molecule has 2 rings (SSSR count). The van der Waals surface area contributed by atoms with E-state index in [-0.39, 0.29) is 0 Å². The Labute approximate surface area is 78.9 Å². The number of fused-ring (bicyclic) bond motifs is 1. The first-order valence-corrected chi connectivity index (χ1v) is 4.79. The Morgan fingerprint density at radius 1 is 1.23 bits per heavy atom. The summed E-state index contributed by atoms with van der Waals surface area (Å²) in [6.07, 6.45) is 4.44. The van der Waals surface area contributed by atoms with Crippen LogP contribution in [-0.4, -0.2) is 0 Å². The van der Waals surface area contributed by atoms with Crippen molar-refractivity contribution < 1.29 is 0 Å². The van der Waals surface area contributed by atoms with Gasteiger partial charge in [-0.25, -0.2) is 0 Å².